The Hall–Kier alpha value is -2.66. The first-order valence-corrected chi connectivity index (χ1v) is 8.69. The van der Waals surface area contributed by atoms with Crippen molar-refractivity contribution in [2.45, 2.75) is 12.3 Å². The highest BCUT2D eigenvalue weighted by molar-refractivity contribution is 5.88. The first-order valence-electron chi connectivity index (χ1n) is 8.69. The molecule has 5 heteroatoms. The van der Waals surface area contributed by atoms with Gasteiger partial charge >= 0.3 is 0 Å². The maximum Gasteiger partial charge on any atom is 0.227 e. The first kappa shape index (κ1) is 15.8. The number of aliphatic hydroxyl groups excluding tert-OH is 1. The molecule has 1 aliphatic heterocycles. The van der Waals surface area contributed by atoms with Crippen LogP contribution in [0.25, 0.3) is 10.9 Å². The second-order valence-electron chi connectivity index (χ2n) is 6.62. The van der Waals surface area contributed by atoms with Gasteiger partial charge in [-0.25, -0.2) is 4.98 Å². The monoisotopic (exact) mass is 334 g/mol. The molecule has 0 saturated carbocycles. The van der Waals surface area contributed by atoms with Crippen LogP contribution >= 0.6 is 0 Å². The van der Waals surface area contributed by atoms with Crippen LogP contribution in [0, 0.1) is 5.92 Å². The molecule has 0 spiro atoms. The quantitative estimate of drug-likeness (QED) is 0.770. The van der Waals surface area contributed by atoms with Crippen molar-refractivity contribution < 1.29 is 5.11 Å². The van der Waals surface area contributed by atoms with E-state index in [-0.39, 0.29) is 12.5 Å². The van der Waals surface area contributed by atoms with Gasteiger partial charge in [0.1, 0.15) is 5.82 Å². The molecule has 1 fully saturated rings. The van der Waals surface area contributed by atoms with Crippen LogP contribution < -0.4 is 10.6 Å². The molecule has 0 amide bonds. The first-order chi connectivity index (χ1) is 12.3. The van der Waals surface area contributed by atoms with E-state index in [1.165, 1.54) is 5.56 Å². The van der Waals surface area contributed by atoms with Gasteiger partial charge in [-0.05, 0) is 30.0 Å². The molecule has 3 N–H and O–H groups in total. The van der Waals surface area contributed by atoms with Gasteiger partial charge in [0.25, 0.3) is 0 Å². The van der Waals surface area contributed by atoms with Crippen molar-refractivity contribution in [3.8, 4) is 0 Å². The molecule has 0 aliphatic carbocycles. The molecule has 2 atom stereocenters. The number of benzene rings is 2. The third-order valence-electron chi connectivity index (χ3n) is 5.10. The van der Waals surface area contributed by atoms with Crippen LogP contribution in [0.1, 0.15) is 17.9 Å². The largest absolute Gasteiger partial charge is 0.396 e. The van der Waals surface area contributed by atoms with E-state index in [9.17, 15) is 5.11 Å². The molecule has 0 bridgehead atoms. The van der Waals surface area contributed by atoms with Crippen LogP contribution in [0.2, 0.25) is 0 Å². The number of para-hydroxylation sites is 1. The molecule has 0 unspecified atom stereocenters. The third kappa shape index (κ3) is 3.03. The van der Waals surface area contributed by atoms with E-state index in [1.807, 2.05) is 30.3 Å². The molecule has 0 radical (unpaired) electrons. The van der Waals surface area contributed by atoms with Crippen LogP contribution in [0.4, 0.5) is 11.8 Å². The summed E-state index contributed by atoms with van der Waals surface area (Å²) in [5.41, 5.74) is 8.27. The van der Waals surface area contributed by atoms with Crippen molar-refractivity contribution in [2.75, 3.05) is 30.3 Å². The van der Waals surface area contributed by atoms with E-state index >= 15 is 0 Å². The lowest BCUT2D eigenvalue weighted by atomic mass is 9.81. The summed E-state index contributed by atoms with van der Waals surface area (Å²) in [6.45, 7) is 1.74. The summed E-state index contributed by atoms with van der Waals surface area (Å²) < 4.78 is 0. The number of anilines is 2. The summed E-state index contributed by atoms with van der Waals surface area (Å²) in [7, 11) is 0. The average molecular weight is 334 g/mol. The Bertz CT molecular complexity index is 868. The minimum absolute atomic E-state index is 0.152. The van der Waals surface area contributed by atoms with Crippen LogP contribution in [-0.2, 0) is 0 Å². The van der Waals surface area contributed by atoms with Gasteiger partial charge in [0.2, 0.25) is 5.95 Å². The Kier molecular flexibility index (Phi) is 4.24. The number of nitrogen functional groups attached to an aromatic ring is 1. The lowest BCUT2D eigenvalue weighted by Crippen LogP contribution is -2.42. The lowest BCUT2D eigenvalue weighted by Gasteiger charge is -2.38. The Labute approximate surface area is 147 Å². The second kappa shape index (κ2) is 6.69. The number of rotatable bonds is 3. The number of hydrogen-bond donors (Lipinski definition) is 2. The maximum absolute atomic E-state index is 9.92. The average Bonchev–Trinajstić information content (AvgIpc) is 2.68. The smallest absolute Gasteiger partial charge is 0.227 e. The molecule has 128 valence electrons. The van der Waals surface area contributed by atoms with Gasteiger partial charge in [0.05, 0.1) is 5.52 Å². The molecule has 4 rings (SSSR count). The van der Waals surface area contributed by atoms with E-state index in [1.54, 1.807) is 0 Å². The number of aromatic nitrogens is 2. The van der Waals surface area contributed by atoms with Crippen LogP contribution in [0.15, 0.2) is 54.6 Å². The Morgan fingerprint density at radius 2 is 1.80 bits per heavy atom. The fourth-order valence-corrected chi connectivity index (χ4v) is 3.77. The minimum atomic E-state index is 0.152. The Morgan fingerprint density at radius 1 is 1.04 bits per heavy atom. The molecule has 2 heterocycles. The van der Waals surface area contributed by atoms with Crippen molar-refractivity contribution in [2.24, 2.45) is 5.92 Å². The highest BCUT2D eigenvalue weighted by Crippen LogP contribution is 2.34. The van der Waals surface area contributed by atoms with Crippen molar-refractivity contribution in [3.05, 3.63) is 60.2 Å². The minimum Gasteiger partial charge on any atom is -0.396 e. The molecule has 1 aromatic heterocycles. The van der Waals surface area contributed by atoms with Crippen molar-refractivity contribution in [1.29, 1.82) is 0 Å². The Morgan fingerprint density at radius 3 is 2.60 bits per heavy atom. The molecular weight excluding hydrogens is 312 g/mol. The van der Waals surface area contributed by atoms with E-state index in [0.717, 1.165) is 30.4 Å². The summed E-state index contributed by atoms with van der Waals surface area (Å²) >= 11 is 0. The number of nitrogens with two attached hydrogens (primary N) is 1. The fraction of sp³-hybridized carbons (Fsp3) is 0.300. The molecule has 1 saturated heterocycles. The zero-order valence-corrected chi connectivity index (χ0v) is 14.0. The molecule has 1 aliphatic rings. The van der Waals surface area contributed by atoms with Crippen LogP contribution in [0.5, 0.6) is 0 Å². The summed E-state index contributed by atoms with van der Waals surface area (Å²) in [5, 5.41) is 10.8. The molecule has 5 nitrogen and oxygen atoms in total. The fourth-order valence-electron chi connectivity index (χ4n) is 3.77. The number of piperidine rings is 1. The SMILES string of the molecule is Nc1nc(N2CC[C@@H](c3ccccc3)[C@@H](CO)C2)nc2ccccc12. The summed E-state index contributed by atoms with van der Waals surface area (Å²) in [6.07, 6.45) is 0.964. The lowest BCUT2D eigenvalue weighted by molar-refractivity contribution is 0.189. The predicted octanol–water partition coefficient (Wildman–Crippen LogP) is 2.81. The zero-order chi connectivity index (χ0) is 17.2. The normalized spacial score (nSPS) is 20.8. The van der Waals surface area contributed by atoms with Crippen LogP contribution in [0.3, 0.4) is 0 Å². The molecule has 2 aromatic carbocycles. The highest BCUT2D eigenvalue weighted by Gasteiger charge is 2.31. The van der Waals surface area contributed by atoms with Crippen molar-refractivity contribution >= 4 is 22.7 Å². The summed E-state index contributed by atoms with van der Waals surface area (Å²) in [6, 6.07) is 18.2. The topological polar surface area (TPSA) is 75.3 Å². The standard InChI is InChI=1S/C20H22N4O/c21-19-17-8-4-5-9-18(17)22-20(23-19)24-11-10-16(15(12-24)13-25)14-6-2-1-3-7-14/h1-9,15-16,25H,10-13H2,(H2,21,22,23)/t15-,16+/m1/s1. The van der Waals surface area contributed by atoms with Gasteiger partial charge in [-0.15, -0.1) is 0 Å². The summed E-state index contributed by atoms with van der Waals surface area (Å²) in [5.74, 6) is 1.68. The number of nitrogens with zero attached hydrogens (tertiary/aromatic N) is 3. The van der Waals surface area contributed by atoms with E-state index in [4.69, 9.17) is 5.73 Å². The number of aliphatic hydroxyl groups is 1. The number of hydrogen-bond acceptors (Lipinski definition) is 5. The third-order valence-corrected chi connectivity index (χ3v) is 5.10. The van der Waals surface area contributed by atoms with Crippen molar-refractivity contribution in [3.63, 3.8) is 0 Å². The van der Waals surface area contributed by atoms with Crippen molar-refractivity contribution in [1.82, 2.24) is 9.97 Å². The molecule has 3 aromatic rings. The van der Waals surface area contributed by atoms with Gasteiger partial charge in [0.15, 0.2) is 0 Å². The molecular formula is C20H22N4O. The van der Waals surface area contributed by atoms with E-state index in [2.05, 4.69) is 39.1 Å². The maximum atomic E-state index is 9.92. The van der Waals surface area contributed by atoms with E-state index in [0.29, 0.717) is 17.7 Å². The van der Waals surface area contributed by atoms with E-state index < -0.39 is 0 Å². The number of fused-ring (bicyclic) bond motifs is 1. The highest BCUT2D eigenvalue weighted by atomic mass is 16.3. The van der Waals surface area contributed by atoms with Gasteiger partial charge in [0, 0.05) is 31.0 Å². The zero-order valence-electron chi connectivity index (χ0n) is 14.0. The molecule has 25 heavy (non-hydrogen) atoms. The van der Waals surface area contributed by atoms with Crippen LogP contribution in [-0.4, -0.2) is 34.8 Å². The van der Waals surface area contributed by atoms with Gasteiger partial charge in [-0.2, -0.15) is 4.98 Å². The predicted molar refractivity (Wildman–Crippen MR) is 101 cm³/mol. The Balaban J connectivity index is 1.61. The second-order valence-corrected chi connectivity index (χ2v) is 6.62. The van der Waals surface area contributed by atoms with Gasteiger partial charge < -0.3 is 15.7 Å². The van der Waals surface area contributed by atoms with Gasteiger partial charge in [-0.1, -0.05) is 42.5 Å². The van der Waals surface area contributed by atoms with Gasteiger partial charge in [-0.3, -0.25) is 0 Å². The summed E-state index contributed by atoms with van der Waals surface area (Å²) in [4.78, 5) is 11.3.